The first kappa shape index (κ1) is 16.5. The molecule has 7 heteroatoms. The summed E-state index contributed by atoms with van der Waals surface area (Å²) >= 11 is 1.41. The van der Waals surface area contributed by atoms with Gasteiger partial charge in [-0.05, 0) is 31.9 Å². The molecule has 0 bridgehead atoms. The van der Waals surface area contributed by atoms with E-state index in [1.54, 1.807) is 0 Å². The maximum atomic E-state index is 12.0. The van der Waals surface area contributed by atoms with Crippen molar-refractivity contribution in [3.05, 3.63) is 28.8 Å². The van der Waals surface area contributed by atoms with E-state index < -0.39 is 9.84 Å². The fourth-order valence-corrected chi connectivity index (χ4v) is 7.46. The second-order valence-corrected chi connectivity index (χ2v) is 9.69. The van der Waals surface area contributed by atoms with Crippen LogP contribution in [0, 0.1) is 20.8 Å². The summed E-state index contributed by atoms with van der Waals surface area (Å²) < 4.78 is 24.1. The Balaban J connectivity index is 2.14. The Hall–Kier alpha value is -1.34. The average Bonchev–Trinajstić information content (AvgIpc) is 2.81. The van der Waals surface area contributed by atoms with Crippen LogP contribution in [0.2, 0.25) is 0 Å². The number of fused-ring (bicyclic) bond motifs is 1. The quantitative estimate of drug-likeness (QED) is 0.775. The highest BCUT2D eigenvalue weighted by molar-refractivity contribution is 8.16. The third-order valence-corrected chi connectivity index (χ3v) is 7.41. The molecule has 0 aliphatic carbocycles. The molecule has 0 N–H and O–H groups in total. The van der Waals surface area contributed by atoms with Crippen LogP contribution in [0.1, 0.15) is 23.6 Å². The molecule has 3 rings (SSSR count). The van der Waals surface area contributed by atoms with Crippen LogP contribution in [-0.2, 0) is 14.6 Å². The number of hydrogen-bond acceptors (Lipinski definition) is 4. The van der Waals surface area contributed by atoms with Crippen LogP contribution in [0.15, 0.2) is 17.1 Å². The summed E-state index contributed by atoms with van der Waals surface area (Å²) in [5, 5.41) is 0.565. The van der Waals surface area contributed by atoms with Gasteiger partial charge in [0.15, 0.2) is 15.0 Å². The third kappa shape index (κ3) is 3.04. The van der Waals surface area contributed by atoms with E-state index in [4.69, 9.17) is 0 Å². The summed E-state index contributed by atoms with van der Waals surface area (Å²) in [5.41, 5.74) is 4.29. The van der Waals surface area contributed by atoms with Crippen molar-refractivity contribution in [2.45, 2.75) is 39.0 Å². The lowest BCUT2D eigenvalue weighted by atomic mass is 10.0. The Morgan fingerprint density at radius 1 is 1.22 bits per heavy atom. The lowest BCUT2D eigenvalue weighted by Crippen LogP contribution is -2.38. The molecule has 0 unspecified atom stereocenters. The predicted octanol–water partition coefficient (Wildman–Crippen LogP) is 2.23. The molecule has 2 fully saturated rings. The number of hydrogen-bond donors (Lipinski definition) is 0. The van der Waals surface area contributed by atoms with E-state index in [1.165, 1.54) is 18.7 Å². The molecule has 2 aliphatic heterocycles. The molecule has 0 aromatic heterocycles. The van der Waals surface area contributed by atoms with Crippen molar-refractivity contribution < 1.29 is 13.2 Å². The first-order valence-electron chi connectivity index (χ1n) is 7.51. The molecule has 124 valence electrons. The predicted molar refractivity (Wildman–Crippen MR) is 95.1 cm³/mol. The SMILES string of the molecule is CC(=O)N=C1S[C@@H]2CS(=O)(=O)C[C@H]2N1c1c(C)cc(C)cc1C. The van der Waals surface area contributed by atoms with Gasteiger partial charge in [0.05, 0.1) is 17.5 Å². The topological polar surface area (TPSA) is 66.8 Å². The number of amidine groups is 1. The number of thioether (sulfide) groups is 1. The van der Waals surface area contributed by atoms with E-state index >= 15 is 0 Å². The van der Waals surface area contributed by atoms with E-state index in [1.807, 2.05) is 25.7 Å². The van der Waals surface area contributed by atoms with Gasteiger partial charge >= 0.3 is 0 Å². The Kier molecular flexibility index (Phi) is 4.04. The van der Waals surface area contributed by atoms with Crippen molar-refractivity contribution in [3.8, 4) is 0 Å². The molecule has 1 amide bonds. The van der Waals surface area contributed by atoms with E-state index in [-0.39, 0.29) is 28.7 Å². The molecule has 0 spiro atoms. The molecular formula is C16H20N2O3S2. The Labute approximate surface area is 141 Å². The Morgan fingerprint density at radius 3 is 2.39 bits per heavy atom. The zero-order chi connectivity index (χ0) is 16.9. The first-order chi connectivity index (χ1) is 10.7. The minimum absolute atomic E-state index is 0.0572. The average molecular weight is 352 g/mol. The van der Waals surface area contributed by atoms with Crippen LogP contribution in [0.25, 0.3) is 0 Å². The van der Waals surface area contributed by atoms with Crippen LogP contribution >= 0.6 is 11.8 Å². The van der Waals surface area contributed by atoms with Crippen LogP contribution < -0.4 is 4.90 Å². The van der Waals surface area contributed by atoms with Gasteiger partial charge in [0, 0.05) is 17.9 Å². The molecule has 2 saturated heterocycles. The number of aryl methyl sites for hydroxylation is 3. The lowest BCUT2D eigenvalue weighted by Gasteiger charge is -2.28. The van der Waals surface area contributed by atoms with Gasteiger partial charge in [0.25, 0.3) is 0 Å². The number of amides is 1. The molecule has 2 aliphatic rings. The van der Waals surface area contributed by atoms with Gasteiger partial charge in [0.1, 0.15) is 0 Å². The van der Waals surface area contributed by atoms with Gasteiger partial charge < -0.3 is 4.90 Å². The lowest BCUT2D eigenvalue weighted by molar-refractivity contribution is -0.115. The van der Waals surface area contributed by atoms with Crippen molar-refractivity contribution in [2.24, 2.45) is 4.99 Å². The number of anilines is 1. The number of carbonyl (C=O) groups is 1. The molecule has 2 heterocycles. The molecule has 0 saturated carbocycles. The minimum Gasteiger partial charge on any atom is -0.315 e. The zero-order valence-electron chi connectivity index (χ0n) is 13.7. The van der Waals surface area contributed by atoms with Gasteiger partial charge in [-0.25, -0.2) is 8.42 Å². The fraction of sp³-hybridized carbons (Fsp3) is 0.500. The summed E-state index contributed by atoms with van der Waals surface area (Å²) in [4.78, 5) is 17.6. The standard InChI is InChI=1S/C16H20N2O3S2/c1-9-5-10(2)15(11(3)6-9)18-13-7-23(20,21)8-14(13)22-16(18)17-12(4)19/h5-6,13-14H,7-8H2,1-4H3/t13-,14-/m1/s1. The Bertz CT molecular complexity index is 792. The largest absolute Gasteiger partial charge is 0.315 e. The van der Waals surface area contributed by atoms with Crippen molar-refractivity contribution >= 4 is 38.4 Å². The molecule has 5 nitrogen and oxygen atoms in total. The minimum atomic E-state index is -3.03. The van der Waals surface area contributed by atoms with Crippen LogP contribution in [0.3, 0.4) is 0 Å². The monoisotopic (exact) mass is 352 g/mol. The number of aliphatic imine (C=N–C) groups is 1. The maximum Gasteiger partial charge on any atom is 0.244 e. The van der Waals surface area contributed by atoms with Crippen molar-refractivity contribution in [1.82, 2.24) is 0 Å². The summed E-state index contributed by atoms with van der Waals surface area (Å²) in [6.45, 7) is 7.49. The molecule has 1 aromatic carbocycles. The second-order valence-electron chi connectivity index (χ2n) is 6.33. The van der Waals surface area contributed by atoms with E-state index in [0.29, 0.717) is 5.17 Å². The van der Waals surface area contributed by atoms with E-state index in [2.05, 4.69) is 17.1 Å². The van der Waals surface area contributed by atoms with Gasteiger partial charge in [0.2, 0.25) is 5.91 Å². The van der Waals surface area contributed by atoms with Crippen LogP contribution in [0.4, 0.5) is 5.69 Å². The normalized spacial score (nSPS) is 27.5. The summed E-state index contributed by atoms with van der Waals surface area (Å²) in [5.74, 6) is 0.0105. The summed E-state index contributed by atoms with van der Waals surface area (Å²) in [6, 6.07) is 4.01. The van der Waals surface area contributed by atoms with E-state index in [0.717, 1.165) is 22.4 Å². The second kappa shape index (κ2) is 5.63. The summed E-state index contributed by atoms with van der Waals surface area (Å²) in [6.07, 6.45) is 0. The summed E-state index contributed by atoms with van der Waals surface area (Å²) in [7, 11) is -3.03. The number of carbonyl (C=O) groups excluding carboxylic acids is 1. The zero-order valence-corrected chi connectivity index (χ0v) is 15.3. The first-order valence-corrected chi connectivity index (χ1v) is 10.2. The number of nitrogens with zero attached hydrogens (tertiary/aromatic N) is 2. The van der Waals surface area contributed by atoms with Crippen LogP contribution in [-0.4, -0.2) is 42.3 Å². The number of sulfone groups is 1. The Morgan fingerprint density at radius 2 is 1.83 bits per heavy atom. The fourth-order valence-electron chi connectivity index (χ4n) is 3.51. The van der Waals surface area contributed by atoms with Gasteiger partial charge in [-0.15, -0.1) is 0 Å². The van der Waals surface area contributed by atoms with Crippen molar-refractivity contribution in [3.63, 3.8) is 0 Å². The smallest absolute Gasteiger partial charge is 0.244 e. The van der Waals surface area contributed by atoms with Crippen molar-refractivity contribution in [1.29, 1.82) is 0 Å². The molecule has 23 heavy (non-hydrogen) atoms. The highest BCUT2D eigenvalue weighted by atomic mass is 32.2. The molecular weight excluding hydrogens is 332 g/mol. The van der Waals surface area contributed by atoms with E-state index in [9.17, 15) is 13.2 Å². The third-order valence-electron chi connectivity index (χ3n) is 4.20. The number of benzene rings is 1. The molecule has 1 aromatic rings. The van der Waals surface area contributed by atoms with Gasteiger partial charge in [-0.1, -0.05) is 29.5 Å². The molecule has 0 radical (unpaired) electrons. The number of rotatable bonds is 1. The van der Waals surface area contributed by atoms with Crippen molar-refractivity contribution in [2.75, 3.05) is 16.4 Å². The molecule has 2 atom stereocenters. The van der Waals surface area contributed by atoms with Gasteiger partial charge in [-0.2, -0.15) is 4.99 Å². The maximum absolute atomic E-state index is 12.0. The highest BCUT2D eigenvalue weighted by Crippen LogP contribution is 2.43. The van der Waals surface area contributed by atoms with Crippen LogP contribution in [0.5, 0.6) is 0 Å². The highest BCUT2D eigenvalue weighted by Gasteiger charge is 2.49. The van der Waals surface area contributed by atoms with Gasteiger partial charge in [-0.3, -0.25) is 4.79 Å².